The van der Waals surface area contributed by atoms with Crippen molar-refractivity contribution < 1.29 is 4.79 Å². The highest BCUT2D eigenvalue weighted by molar-refractivity contribution is 6.31. The van der Waals surface area contributed by atoms with Crippen molar-refractivity contribution in [3.8, 4) is 6.07 Å². The number of nitriles is 1. The lowest BCUT2D eigenvalue weighted by Crippen LogP contribution is -2.44. The Bertz CT molecular complexity index is 780. The number of nitrogens with one attached hydrogen (secondary N) is 1. The van der Waals surface area contributed by atoms with Gasteiger partial charge in [0.1, 0.15) is 11.8 Å². The van der Waals surface area contributed by atoms with Crippen molar-refractivity contribution in [2.24, 2.45) is 0 Å². The third-order valence-corrected chi connectivity index (χ3v) is 4.69. The van der Waals surface area contributed by atoms with Crippen LogP contribution >= 0.6 is 11.6 Å². The van der Waals surface area contributed by atoms with Crippen molar-refractivity contribution in [2.45, 2.75) is 25.4 Å². The van der Waals surface area contributed by atoms with E-state index < -0.39 is 0 Å². The molecule has 0 radical (unpaired) electrons. The Labute approximate surface area is 152 Å². The molecule has 5 nitrogen and oxygen atoms in total. The van der Waals surface area contributed by atoms with E-state index in [1.807, 2.05) is 18.2 Å². The summed E-state index contributed by atoms with van der Waals surface area (Å²) in [5.74, 6) is -0.113. The molecule has 1 aliphatic rings. The average Bonchev–Trinajstić information content (AvgIpc) is 2.64. The minimum absolute atomic E-state index is 0.113. The first kappa shape index (κ1) is 17.4. The lowest BCUT2D eigenvalue weighted by atomic mass is 10.0. The molecule has 1 aromatic heterocycles. The van der Waals surface area contributed by atoms with Gasteiger partial charge in [0.05, 0.1) is 10.6 Å². The molecule has 0 saturated carbocycles. The van der Waals surface area contributed by atoms with E-state index in [1.54, 1.807) is 24.4 Å². The van der Waals surface area contributed by atoms with Crippen LogP contribution in [0, 0.1) is 11.3 Å². The topological polar surface area (TPSA) is 69.0 Å². The summed E-state index contributed by atoms with van der Waals surface area (Å²) < 4.78 is 0. The smallest absolute Gasteiger partial charge is 0.270 e. The zero-order valence-electron chi connectivity index (χ0n) is 13.8. The van der Waals surface area contributed by atoms with E-state index in [2.05, 4.69) is 21.3 Å². The fourth-order valence-corrected chi connectivity index (χ4v) is 3.24. The Morgan fingerprint density at radius 1 is 1.32 bits per heavy atom. The number of benzene rings is 1. The standard InChI is InChI=1S/C19H19ClN4O/c20-17-11-14(4-5-15(17)12-21)13-24-9-6-16(7-10-24)23-19(25)18-3-1-2-8-22-18/h1-5,8,11,16H,6-7,9-10,13H2,(H,23,25). The number of likely N-dealkylation sites (tertiary alicyclic amines) is 1. The summed E-state index contributed by atoms with van der Waals surface area (Å²) in [6.45, 7) is 2.61. The largest absolute Gasteiger partial charge is 0.348 e. The predicted molar refractivity (Wildman–Crippen MR) is 96.2 cm³/mol. The molecule has 2 heterocycles. The number of amides is 1. The highest BCUT2D eigenvalue weighted by atomic mass is 35.5. The third-order valence-electron chi connectivity index (χ3n) is 4.38. The van der Waals surface area contributed by atoms with Gasteiger partial charge in [0.15, 0.2) is 0 Å². The van der Waals surface area contributed by atoms with Gasteiger partial charge in [0, 0.05) is 31.9 Å². The lowest BCUT2D eigenvalue weighted by Gasteiger charge is -2.32. The molecule has 0 spiro atoms. The minimum Gasteiger partial charge on any atom is -0.348 e. The molecule has 2 aromatic rings. The maximum absolute atomic E-state index is 12.2. The number of aromatic nitrogens is 1. The molecule has 128 valence electrons. The summed E-state index contributed by atoms with van der Waals surface area (Å²) >= 11 is 6.09. The van der Waals surface area contributed by atoms with Crippen LogP contribution in [-0.2, 0) is 6.54 Å². The third kappa shape index (κ3) is 4.56. The molecule has 1 saturated heterocycles. The number of carbonyl (C=O) groups excluding carboxylic acids is 1. The van der Waals surface area contributed by atoms with Crippen molar-refractivity contribution in [3.05, 3.63) is 64.4 Å². The SMILES string of the molecule is N#Cc1ccc(CN2CCC(NC(=O)c3ccccn3)CC2)cc1Cl. The number of piperidine rings is 1. The fraction of sp³-hybridized carbons (Fsp3) is 0.316. The van der Waals surface area contributed by atoms with Crippen molar-refractivity contribution in [1.29, 1.82) is 5.26 Å². The minimum atomic E-state index is -0.113. The van der Waals surface area contributed by atoms with Crippen molar-refractivity contribution >= 4 is 17.5 Å². The summed E-state index contributed by atoms with van der Waals surface area (Å²) in [5, 5.41) is 12.5. The van der Waals surface area contributed by atoms with Gasteiger partial charge in [-0.15, -0.1) is 0 Å². The molecule has 1 aromatic carbocycles. The first-order chi connectivity index (χ1) is 12.2. The zero-order valence-corrected chi connectivity index (χ0v) is 14.5. The van der Waals surface area contributed by atoms with Crippen molar-refractivity contribution in [1.82, 2.24) is 15.2 Å². The van der Waals surface area contributed by atoms with Crippen LogP contribution in [0.5, 0.6) is 0 Å². The predicted octanol–water partition coefficient (Wildman–Crippen LogP) is 3.00. The van der Waals surface area contributed by atoms with Crippen LogP contribution < -0.4 is 5.32 Å². The number of pyridine rings is 1. The quantitative estimate of drug-likeness (QED) is 0.916. The number of hydrogen-bond donors (Lipinski definition) is 1. The Hall–Kier alpha value is -2.42. The summed E-state index contributed by atoms with van der Waals surface area (Å²) in [6.07, 6.45) is 3.44. The van der Waals surface area contributed by atoms with Gasteiger partial charge >= 0.3 is 0 Å². The Balaban J connectivity index is 1.50. The normalized spacial score (nSPS) is 15.5. The van der Waals surface area contributed by atoms with Gasteiger partial charge in [-0.3, -0.25) is 14.7 Å². The number of rotatable bonds is 4. The maximum atomic E-state index is 12.2. The van der Waals surface area contributed by atoms with Crippen LogP contribution in [0.2, 0.25) is 5.02 Å². The second kappa shape index (κ2) is 8.11. The van der Waals surface area contributed by atoms with Gasteiger partial charge in [-0.2, -0.15) is 5.26 Å². The molecule has 6 heteroatoms. The Morgan fingerprint density at radius 3 is 2.76 bits per heavy atom. The van der Waals surface area contributed by atoms with E-state index in [0.29, 0.717) is 16.3 Å². The average molecular weight is 355 g/mol. The Kier molecular flexibility index (Phi) is 5.64. The molecule has 0 bridgehead atoms. The summed E-state index contributed by atoms with van der Waals surface area (Å²) in [7, 11) is 0. The zero-order chi connectivity index (χ0) is 17.6. The lowest BCUT2D eigenvalue weighted by molar-refractivity contribution is 0.0904. The monoisotopic (exact) mass is 354 g/mol. The van der Waals surface area contributed by atoms with Gasteiger partial charge < -0.3 is 5.32 Å². The second-order valence-electron chi connectivity index (χ2n) is 6.16. The van der Waals surface area contributed by atoms with Crippen molar-refractivity contribution in [2.75, 3.05) is 13.1 Å². The van der Waals surface area contributed by atoms with Gasteiger partial charge in [0.2, 0.25) is 0 Å². The molecule has 0 unspecified atom stereocenters. The van der Waals surface area contributed by atoms with E-state index in [0.717, 1.165) is 38.0 Å². The molecule has 25 heavy (non-hydrogen) atoms. The van der Waals surface area contributed by atoms with Gasteiger partial charge in [-0.05, 0) is 42.7 Å². The van der Waals surface area contributed by atoms with Gasteiger partial charge in [-0.1, -0.05) is 23.7 Å². The van der Waals surface area contributed by atoms with E-state index in [1.165, 1.54) is 0 Å². The second-order valence-corrected chi connectivity index (χ2v) is 6.57. The number of nitrogens with zero attached hydrogens (tertiary/aromatic N) is 3. The molecule has 0 atom stereocenters. The molecular formula is C19H19ClN4O. The molecule has 0 aliphatic carbocycles. The van der Waals surface area contributed by atoms with Crippen LogP contribution in [0.25, 0.3) is 0 Å². The first-order valence-corrected chi connectivity index (χ1v) is 8.66. The summed E-state index contributed by atoms with van der Waals surface area (Å²) in [6, 6.07) is 13.1. The Morgan fingerprint density at radius 2 is 2.12 bits per heavy atom. The van der Waals surface area contributed by atoms with Crippen LogP contribution in [0.1, 0.15) is 34.5 Å². The van der Waals surface area contributed by atoms with E-state index >= 15 is 0 Å². The fourth-order valence-electron chi connectivity index (χ4n) is 3.00. The van der Waals surface area contributed by atoms with Gasteiger partial charge in [0.25, 0.3) is 5.91 Å². The molecular weight excluding hydrogens is 336 g/mol. The number of halogens is 1. The van der Waals surface area contributed by atoms with E-state index in [4.69, 9.17) is 16.9 Å². The molecule has 1 aliphatic heterocycles. The number of carbonyl (C=O) groups is 1. The molecule has 1 amide bonds. The van der Waals surface area contributed by atoms with Crippen LogP contribution in [-0.4, -0.2) is 34.9 Å². The number of hydrogen-bond acceptors (Lipinski definition) is 4. The van der Waals surface area contributed by atoms with E-state index in [9.17, 15) is 4.79 Å². The molecule has 1 N–H and O–H groups in total. The first-order valence-electron chi connectivity index (χ1n) is 8.28. The maximum Gasteiger partial charge on any atom is 0.270 e. The molecule has 1 fully saturated rings. The van der Waals surface area contributed by atoms with Gasteiger partial charge in [-0.25, -0.2) is 0 Å². The van der Waals surface area contributed by atoms with Crippen LogP contribution in [0.15, 0.2) is 42.6 Å². The van der Waals surface area contributed by atoms with E-state index in [-0.39, 0.29) is 11.9 Å². The summed E-state index contributed by atoms with van der Waals surface area (Å²) in [5.41, 5.74) is 2.05. The highest BCUT2D eigenvalue weighted by Crippen LogP contribution is 2.20. The summed E-state index contributed by atoms with van der Waals surface area (Å²) in [4.78, 5) is 18.6. The highest BCUT2D eigenvalue weighted by Gasteiger charge is 2.21. The van der Waals surface area contributed by atoms with Crippen LogP contribution in [0.4, 0.5) is 0 Å². The molecule has 3 rings (SSSR count). The van der Waals surface area contributed by atoms with Crippen LogP contribution in [0.3, 0.4) is 0 Å². The van der Waals surface area contributed by atoms with Crippen molar-refractivity contribution in [3.63, 3.8) is 0 Å².